The Balaban J connectivity index is 1.72. The minimum Gasteiger partial charge on any atom is -0.476 e. The fourth-order valence-corrected chi connectivity index (χ4v) is 5.14. The van der Waals surface area contributed by atoms with E-state index in [-0.39, 0.29) is 11.5 Å². The predicted octanol–water partition coefficient (Wildman–Crippen LogP) is 5.61. The van der Waals surface area contributed by atoms with Crippen molar-refractivity contribution in [2.45, 2.75) is 64.8 Å². The van der Waals surface area contributed by atoms with Crippen molar-refractivity contribution in [3.63, 3.8) is 0 Å². The lowest BCUT2D eigenvalue weighted by molar-refractivity contribution is 0.230. The van der Waals surface area contributed by atoms with E-state index in [2.05, 4.69) is 67.8 Å². The molecule has 4 bridgehead atoms. The van der Waals surface area contributed by atoms with Crippen LogP contribution in [-0.4, -0.2) is 33.4 Å². The highest BCUT2D eigenvalue weighted by molar-refractivity contribution is 7.86. The number of benzene rings is 2. The van der Waals surface area contributed by atoms with Crippen molar-refractivity contribution < 1.29 is 8.95 Å². The van der Waals surface area contributed by atoms with Crippen molar-refractivity contribution >= 4 is 16.9 Å². The molecular formula is C28H36N4O2S. The van der Waals surface area contributed by atoms with Gasteiger partial charge in [-0.15, -0.1) is 0 Å². The Morgan fingerprint density at radius 1 is 1.06 bits per heavy atom. The van der Waals surface area contributed by atoms with Crippen LogP contribution in [0.15, 0.2) is 53.4 Å². The van der Waals surface area contributed by atoms with Gasteiger partial charge >= 0.3 is 0 Å². The quantitative estimate of drug-likeness (QED) is 0.497. The summed E-state index contributed by atoms with van der Waals surface area (Å²) in [5, 5.41) is 3.68. The van der Waals surface area contributed by atoms with Gasteiger partial charge in [-0.1, -0.05) is 51.1 Å². The second-order valence-electron chi connectivity index (χ2n) is 10.5. The monoisotopic (exact) mass is 492 g/mol. The zero-order valence-corrected chi connectivity index (χ0v) is 22.2. The average molecular weight is 493 g/mol. The smallest absolute Gasteiger partial charge is 0.238 e. The summed E-state index contributed by atoms with van der Waals surface area (Å²) in [7, 11) is -1.49. The zero-order valence-electron chi connectivity index (χ0n) is 21.4. The SMILES string of the molecule is Cc1cccc(C)c1-c1cc2nc(n1)NS(=O)c1cccc(c1)CCN[C@H](CCC(C)(C)C)CO2. The van der Waals surface area contributed by atoms with Gasteiger partial charge in [-0.2, -0.15) is 4.98 Å². The van der Waals surface area contributed by atoms with Gasteiger partial charge in [0.1, 0.15) is 6.61 Å². The van der Waals surface area contributed by atoms with E-state index in [1.807, 2.05) is 30.3 Å². The van der Waals surface area contributed by atoms with Crippen LogP contribution in [0.25, 0.3) is 11.3 Å². The Morgan fingerprint density at radius 2 is 1.80 bits per heavy atom. The molecule has 1 unspecified atom stereocenters. The van der Waals surface area contributed by atoms with E-state index in [0.29, 0.717) is 23.3 Å². The minimum atomic E-state index is -1.49. The van der Waals surface area contributed by atoms with Crippen molar-refractivity contribution in [3.8, 4) is 17.1 Å². The Labute approximate surface area is 211 Å². The van der Waals surface area contributed by atoms with Crippen LogP contribution < -0.4 is 14.8 Å². The molecule has 7 heteroatoms. The van der Waals surface area contributed by atoms with E-state index in [0.717, 1.165) is 53.8 Å². The first-order chi connectivity index (χ1) is 16.7. The molecule has 0 fully saturated rings. The zero-order chi connectivity index (χ0) is 25.0. The number of anilines is 1. The normalized spacial score (nSPS) is 18.8. The molecule has 0 saturated carbocycles. The van der Waals surface area contributed by atoms with Crippen molar-refractivity contribution in [3.05, 3.63) is 65.2 Å². The topological polar surface area (TPSA) is 76.1 Å². The molecule has 0 saturated heterocycles. The first-order valence-electron chi connectivity index (χ1n) is 12.3. The molecule has 2 aromatic carbocycles. The Bertz CT molecular complexity index is 1190. The number of aryl methyl sites for hydroxylation is 2. The Hall–Kier alpha value is -2.77. The van der Waals surface area contributed by atoms with Crippen molar-refractivity contribution in [1.82, 2.24) is 15.3 Å². The van der Waals surface area contributed by atoms with E-state index in [9.17, 15) is 4.21 Å². The summed E-state index contributed by atoms with van der Waals surface area (Å²) in [6.07, 6.45) is 2.95. The van der Waals surface area contributed by atoms with Gasteiger partial charge in [0.05, 0.1) is 10.6 Å². The van der Waals surface area contributed by atoms with Crippen LogP contribution in [0.1, 0.15) is 50.3 Å². The lowest BCUT2D eigenvalue weighted by Gasteiger charge is -2.24. The van der Waals surface area contributed by atoms with Crippen molar-refractivity contribution in [1.29, 1.82) is 0 Å². The highest BCUT2D eigenvalue weighted by atomic mass is 32.2. The summed E-state index contributed by atoms with van der Waals surface area (Å²) < 4.78 is 22.4. The maximum absolute atomic E-state index is 13.1. The molecule has 1 aliphatic heterocycles. The molecule has 1 aromatic heterocycles. The van der Waals surface area contributed by atoms with Crippen molar-refractivity contribution in [2.24, 2.45) is 5.41 Å². The number of fused-ring (bicyclic) bond motifs is 4. The predicted molar refractivity (Wildman–Crippen MR) is 143 cm³/mol. The van der Waals surface area contributed by atoms with E-state index < -0.39 is 11.0 Å². The van der Waals surface area contributed by atoms with Crippen LogP contribution in [0.5, 0.6) is 5.88 Å². The molecule has 1 aliphatic rings. The van der Waals surface area contributed by atoms with Crippen LogP contribution in [0.3, 0.4) is 0 Å². The van der Waals surface area contributed by atoms with Crippen LogP contribution in [0.4, 0.5) is 5.95 Å². The first-order valence-corrected chi connectivity index (χ1v) is 13.4. The summed E-state index contributed by atoms with van der Waals surface area (Å²) >= 11 is 0. The fraction of sp³-hybridized carbons (Fsp3) is 0.429. The summed E-state index contributed by atoms with van der Waals surface area (Å²) in [5.41, 5.74) is 5.43. The Kier molecular flexibility index (Phi) is 7.87. The van der Waals surface area contributed by atoms with Crippen LogP contribution >= 0.6 is 0 Å². The second kappa shape index (κ2) is 10.9. The van der Waals surface area contributed by atoms with E-state index in [4.69, 9.17) is 9.72 Å². The van der Waals surface area contributed by atoms with Crippen LogP contribution in [0, 0.1) is 19.3 Å². The molecule has 2 N–H and O–H groups in total. The third-order valence-corrected chi connectivity index (χ3v) is 7.31. The number of aromatic nitrogens is 2. The van der Waals surface area contributed by atoms with Gasteiger partial charge in [0.2, 0.25) is 11.8 Å². The van der Waals surface area contributed by atoms with Crippen molar-refractivity contribution in [2.75, 3.05) is 17.9 Å². The van der Waals surface area contributed by atoms with Crippen LogP contribution in [0.2, 0.25) is 0 Å². The highest BCUT2D eigenvalue weighted by Gasteiger charge is 2.19. The number of ether oxygens (including phenoxy) is 1. The summed E-state index contributed by atoms with van der Waals surface area (Å²) in [5.74, 6) is 0.769. The molecule has 3 aromatic rings. The molecule has 186 valence electrons. The van der Waals surface area contributed by atoms with E-state index in [1.54, 1.807) is 0 Å². The molecular weight excluding hydrogens is 456 g/mol. The van der Waals surface area contributed by atoms with Gasteiger partial charge in [0.15, 0.2) is 11.0 Å². The van der Waals surface area contributed by atoms with Gasteiger partial charge in [0, 0.05) is 17.7 Å². The average Bonchev–Trinajstić information content (AvgIpc) is 2.79. The van der Waals surface area contributed by atoms with E-state index in [1.165, 1.54) is 0 Å². The minimum absolute atomic E-state index is 0.199. The van der Waals surface area contributed by atoms with Crippen LogP contribution in [-0.2, 0) is 17.4 Å². The molecule has 2 atom stereocenters. The molecule has 0 radical (unpaired) electrons. The molecule has 35 heavy (non-hydrogen) atoms. The van der Waals surface area contributed by atoms with Gasteiger partial charge in [-0.25, -0.2) is 9.19 Å². The molecule has 6 nitrogen and oxygen atoms in total. The summed E-state index contributed by atoms with van der Waals surface area (Å²) in [6.45, 7) is 12.3. The summed E-state index contributed by atoms with van der Waals surface area (Å²) in [6, 6.07) is 16.2. The summed E-state index contributed by atoms with van der Waals surface area (Å²) in [4.78, 5) is 10.0. The lowest BCUT2D eigenvalue weighted by Crippen LogP contribution is -2.37. The number of nitrogens with one attached hydrogen (secondary N) is 2. The fourth-order valence-electron chi connectivity index (χ4n) is 4.31. The second-order valence-corrected chi connectivity index (χ2v) is 11.7. The number of rotatable bonds is 3. The number of hydrogen-bond acceptors (Lipinski definition) is 5. The molecule has 0 amide bonds. The van der Waals surface area contributed by atoms with Gasteiger partial charge in [-0.3, -0.25) is 4.72 Å². The number of nitrogens with zero attached hydrogens (tertiary/aromatic N) is 2. The first kappa shape index (κ1) is 25.3. The van der Waals surface area contributed by atoms with Gasteiger partial charge in [0.25, 0.3) is 0 Å². The Morgan fingerprint density at radius 3 is 2.54 bits per heavy atom. The van der Waals surface area contributed by atoms with Gasteiger partial charge in [-0.05, 0) is 73.9 Å². The molecule has 4 rings (SSSR count). The molecule has 2 heterocycles. The van der Waals surface area contributed by atoms with Gasteiger partial charge < -0.3 is 10.1 Å². The third kappa shape index (κ3) is 6.89. The molecule has 0 spiro atoms. The third-order valence-electron chi connectivity index (χ3n) is 6.26. The molecule has 0 aliphatic carbocycles. The largest absolute Gasteiger partial charge is 0.476 e. The lowest BCUT2D eigenvalue weighted by atomic mass is 9.89. The standard InChI is InChI=1S/C28H36N4O2S/c1-19-8-6-9-20(2)26(19)24-17-25-31-27(30-24)32-35(33)23-11-7-10-21(16-23)13-15-29-22(18-34-25)12-14-28(3,4)5/h6-11,16-17,22,29H,12-15,18H2,1-5H3,(H,30,31,32)/t22-,35?/m1/s1. The number of hydrogen-bond donors (Lipinski definition) is 2. The maximum Gasteiger partial charge on any atom is 0.238 e. The van der Waals surface area contributed by atoms with E-state index >= 15 is 0 Å². The maximum atomic E-state index is 13.1. The highest BCUT2D eigenvalue weighted by Crippen LogP contribution is 2.29.